The van der Waals surface area contributed by atoms with Crippen molar-refractivity contribution < 1.29 is 26.4 Å². The molecule has 0 bridgehead atoms. The van der Waals surface area contributed by atoms with Gasteiger partial charge >= 0.3 is 6.18 Å². The Morgan fingerprint density at radius 2 is 1.73 bits per heavy atom. The van der Waals surface area contributed by atoms with Crippen LogP contribution in [0.15, 0.2) is 63.7 Å². The van der Waals surface area contributed by atoms with Gasteiger partial charge in [-0.05, 0) is 30.7 Å². The first-order valence-electron chi connectivity index (χ1n) is 8.98. The normalized spacial score (nSPS) is 16.8. The fourth-order valence-corrected chi connectivity index (χ4v) is 6.46. The van der Waals surface area contributed by atoms with Crippen LogP contribution in [-0.2, 0) is 20.8 Å². The molecular formula is C21H16F3NO3S2. The highest BCUT2D eigenvalue weighted by Gasteiger charge is 2.40. The molecule has 9 heteroatoms. The van der Waals surface area contributed by atoms with E-state index in [1.54, 1.807) is 12.1 Å². The van der Waals surface area contributed by atoms with Crippen LogP contribution in [0.4, 0.5) is 18.9 Å². The zero-order valence-corrected chi connectivity index (χ0v) is 17.3. The molecule has 2 heterocycles. The number of thiophene rings is 1. The molecule has 1 aliphatic heterocycles. The first kappa shape index (κ1) is 20.6. The van der Waals surface area contributed by atoms with Crippen molar-refractivity contribution in [2.75, 3.05) is 5.32 Å². The molecule has 1 atom stereocenters. The average molecular weight is 451 g/mol. The van der Waals surface area contributed by atoms with E-state index in [-0.39, 0.29) is 27.5 Å². The van der Waals surface area contributed by atoms with Crippen LogP contribution in [0.2, 0.25) is 0 Å². The number of anilines is 1. The second-order valence-corrected chi connectivity index (χ2v) is 9.87. The number of benzene rings is 2. The van der Waals surface area contributed by atoms with E-state index < -0.39 is 33.4 Å². The van der Waals surface area contributed by atoms with E-state index in [1.165, 1.54) is 35.7 Å². The van der Waals surface area contributed by atoms with Crippen molar-refractivity contribution in [3.63, 3.8) is 0 Å². The molecule has 4 rings (SSSR count). The number of aryl methyl sites for hydroxylation is 1. The summed E-state index contributed by atoms with van der Waals surface area (Å²) in [4.78, 5) is 12.7. The Kier molecular flexibility index (Phi) is 4.98. The van der Waals surface area contributed by atoms with Gasteiger partial charge in [0.25, 0.3) is 0 Å². The van der Waals surface area contributed by atoms with Crippen molar-refractivity contribution >= 4 is 32.8 Å². The van der Waals surface area contributed by atoms with Crippen LogP contribution in [0.25, 0.3) is 0 Å². The molecule has 0 fully saturated rings. The van der Waals surface area contributed by atoms with E-state index in [9.17, 15) is 26.4 Å². The Bertz CT molecular complexity index is 1230. The number of amides is 1. The minimum Gasteiger partial charge on any atom is -0.324 e. The lowest BCUT2D eigenvalue weighted by molar-refractivity contribution is -0.138. The van der Waals surface area contributed by atoms with Crippen molar-refractivity contribution in [2.45, 2.75) is 35.2 Å². The van der Waals surface area contributed by atoms with E-state index in [2.05, 4.69) is 5.32 Å². The molecule has 156 valence electrons. The van der Waals surface area contributed by atoms with Gasteiger partial charge in [0.2, 0.25) is 15.7 Å². The van der Waals surface area contributed by atoms with Crippen LogP contribution in [-0.4, -0.2) is 14.3 Å². The Morgan fingerprint density at radius 1 is 1.07 bits per heavy atom. The maximum atomic E-state index is 13.5. The largest absolute Gasteiger partial charge is 0.416 e. The smallest absolute Gasteiger partial charge is 0.324 e. The summed E-state index contributed by atoms with van der Waals surface area (Å²) < 4.78 is 66.9. The summed E-state index contributed by atoms with van der Waals surface area (Å²) in [5.41, 5.74) is 0.0893. The molecule has 4 nitrogen and oxygen atoms in total. The average Bonchev–Trinajstić information content (AvgIpc) is 3.11. The number of halogens is 3. The molecule has 1 aromatic heterocycles. The summed E-state index contributed by atoms with van der Waals surface area (Å²) in [6.45, 7) is 1.83. The summed E-state index contributed by atoms with van der Waals surface area (Å²) in [5, 5.41) is 3.95. The molecule has 2 aromatic carbocycles. The third kappa shape index (κ3) is 3.52. The van der Waals surface area contributed by atoms with Crippen LogP contribution in [0, 0.1) is 6.92 Å². The van der Waals surface area contributed by atoms with Crippen LogP contribution in [0.5, 0.6) is 0 Å². The summed E-state index contributed by atoms with van der Waals surface area (Å²) in [6, 6.07) is 11.3. The van der Waals surface area contributed by atoms with E-state index in [1.807, 2.05) is 6.92 Å². The lowest BCUT2D eigenvalue weighted by Crippen LogP contribution is -2.25. The molecule has 3 aromatic rings. The highest BCUT2D eigenvalue weighted by molar-refractivity contribution is 7.91. The van der Waals surface area contributed by atoms with Gasteiger partial charge < -0.3 is 5.32 Å². The first-order valence-corrected chi connectivity index (χ1v) is 11.3. The fourth-order valence-electron chi connectivity index (χ4n) is 3.56. The second-order valence-electron chi connectivity index (χ2n) is 7.05. The number of rotatable bonds is 3. The van der Waals surface area contributed by atoms with Crippen LogP contribution in [0.3, 0.4) is 0 Å². The number of hydrogen-bond acceptors (Lipinski definition) is 4. The van der Waals surface area contributed by atoms with E-state index >= 15 is 0 Å². The zero-order valence-electron chi connectivity index (χ0n) is 15.7. The first-order chi connectivity index (χ1) is 14.1. The molecule has 0 saturated carbocycles. The highest BCUT2D eigenvalue weighted by atomic mass is 32.2. The van der Waals surface area contributed by atoms with Crippen LogP contribution >= 0.6 is 11.3 Å². The summed E-state index contributed by atoms with van der Waals surface area (Å²) in [5.74, 6) is -1.40. The van der Waals surface area contributed by atoms with Crippen molar-refractivity contribution in [3.05, 3.63) is 75.5 Å². The molecule has 0 aliphatic carbocycles. The van der Waals surface area contributed by atoms with Crippen LogP contribution in [0.1, 0.15) is 33.9 Å². The van der Waals surface area contributed by atoms with Gasteiger partial charge in [0.15, 0.2) is 0 Å². The number of fused-ring (bicyclic) bond motifs is 1. The van der Waals surface area contributed by atoms with Gasteiger partial charge in [0, 0.05) is 22.6 Å². The van der Waals surface area contributed by atoms with Gasteiger partial charge in [0.05, 0.1) is 16.1 Å². The fraction of sp³-hybridized carbons (Fsp3) is 0.190. The monoisotopic (exact) mass is 451 g/mol. The summed E-state index contributed by atoms with van der Waals surface area (Å²) in [6.07, 6.45) is -4.77. The number of alkyl halides is 3. The third-order valence-corrected chi connectivity index (χ3v) is 8.06. The molecule has 1 amide bonds. The van der Waals surface area contributed by atoms with Crippen molar-refractivity contribution in [1.82, 2.24) is 0 Å². The highest BCUT2D eigenvalue weighted by Crippen LogP contribution is 2.48. The number of carbonyl (C=O) groups excluding carboxylic acids is 1. The van der Waals surface area contributed by atoms with Crippen molar-refractivity contribution in [1.29, 1.82) is 0 Å². The molecule has 30 heavy (non-hydrogen) atoms. The minimum absolute atomic E-state index is 0.0396. The standard InChI is InChI=1S/C21H16F3NO3S2/c1-12-6-8-13(9-7-12)30(27,28)17-11-29-20-15(10-18(26)25-19(17)20)14-4-2-3-5-16(14)21(22,23)24/h2-9,11,15H,10H2,1H3,(H,25,26)/t15-/m1/s1. The van der Waals surface area contributed by atoms with E-state index in [0.29, 0.717) is 4.88 Å². The van der Waals surface area contributed by atoms with Gasteiger partial charge in [-0.2, -0.15) is 13.2 Å². The number of carbonyl (C=O) groups is 1. The second kappa shape index (κ2) is 7.24. The lowest BCUT2D eigenvalue weighted by Gasteiger charge is -2.26. The Morgan fingerprint density at radius 3 is 2.40 bits per heavy atom. The van der Waals surface area contributed by atoms with Gasteiger partial charge in [-0.1, -0.05) is 35.9 Å². The minimum atomic E-state index is -4.58. The quantitative estimate of drug-likeness (QED) is 0.581. The SMILES string of the molecule is Cc1ccc(S(=O)(=O)c2csc3c2NC(=O)C[C@@H]3c2ccccc2C(F)(F)F)cc1. The third-order valence-electron chi connectivity index (χ3n) is 5.02. The lowest BCUT2D eigenvalue weighted by atomic mass is 9.87. The Hall–Kier alpha value is -2.65. The molecule has 0 spiro atoms. The Balaban J connectivity index is 1.86. The van der Waals surface area contributed by atoms with Gasteiger partial charge in [-0.25, -0.2) is 8.42 Å². The van der Waals surface area contributed by atoms with Crippen molar-refractivity contribution in [3.8, 4) is 0 Å². The van der Waals surface area contributed by atoms with Gasteiger partial charge in [-0.3, -0.25) is 4.79 Å². The molecule has 0 radical (unpaired) electrons. The maximum absolute atomic E-state index is 13.5. The number of hydrogen-bond donors (Lipinski definition) is 1. The van der Waals surface area contributed by atoms with Crippen LogP contribution < -0.4 is 5.32 Å². The van der Waals surface area contributed by atoms with E-state index in [0.717, 1.165) is 23.0 Å². The molecule has 1 aliphatic rings. The zero-order chi connectivity index (χ0) is 21.7. The maximum Gasteiger partial charge on any atom is 0.416 e. The number of sulfone groups is 1. The van der Waals surface area contributed by atoms with Gasteiger partial charge in [-0.15, -0.1) is 11.3 Å². The van der Waals surface area contributed by atoms with Crippen molar-refractivity contribution in [2.24, 2.45) is 0 Å². The molecular weight excluding hydrogens is 435 g/mol. The number of nitrogens with one attached hydrogen (secondary N) is 1. The molecule has 0 unspecified atom stereocenters. The summed E-state index contributed by atoms with van der Waals surface area (Å²) >= 11 is 1.04. The van der Waals surface area contributed by atoms with Gasteiger partial charge in [0.1, 0.15) is 4.90 Å². The summed E-state index contributed by atoms with van der Waals surface area (Å²) in [7, 11) is -3.95. The molecule has 1 N–H and O–H groups in total. The predicted molar refractivity (Wildman–Crippen MR) is 107 cm³/mol. The van der Waals surface area contributed by atoms with E-state index in [4.69, 9.17) is 0 Å². The predicted octanol–water partition coefficient (Wildman–Crippen LogP) is 5.38. The topological polar surface area (TPSA) is 63.2 Å². The molecule has 0 saturated heterocycles. The Labute approximate surface area is 175 Å².